The van der Waals surface area contributed by atoms with Gasteiger partial charge in [-0.05, 0) is 44.0 Å². The zero-order valence-electron chi connectivity index (χ0n) is 19.0. The second-order valence-electron chi connectivity index (χ2n) is 8.91. The van der Waals surface area contributed by atoms with Crippen molar-refractivity contribution < 1.29 is 9.59 Å². The van der Waals surface area contributed by atoms with Crippen LogP contribution in [0.4, 0.5) is 11.4 Å². The van der Waals surface area contributed by atoms with E-state index >= 15 is 0 Å². The molecule has 2 amide bonds. The molecule has 0 atom stereocenters. The van der Waals surface area contributed by atoms with Gasteiger partial charge in [0.25, 0.3) is 5.91 Å². The topological polar surface area (TPSA) is 55.9 Å². The van der Waals surface area contributed by atoms with E-state index in [1.807, 2.05) is 36.9 Å². The number of benzene rings is 1. The average molecular weight is 415 g/mol. The average Bonchev–Trinajstić information content (AvgIpc) is 3.03. The van der Waals surface area contributed by atoms with E-state index in [1.165, 1.54) is 12.8 Å². The fourth-order valence-electron chi connectivity index (χ4n) is 4.31. The summed E-state index contributed by atoms with van der Waals surface area (Å²) < 4.78 is 0. The maximum absolute atomic E-state index is 13.4. The van der Waals surface area contributed by atoms with Gasteiger partial charge in [0.05, 0.1) is 11.3 Å². The fourth-order valence-corrected chi connectivity index (χ4v) is 4.31. The summed E-state index contributed by atoms with van der Waals surface area (Å²) in [5, 5.41) is 3.00. The van der Waals surface area contributed by atoms with E-state index in [1.54, 1.807) is 0 Å². The molecule has 6 nitrogen and oxygen atoms in total. The quantitative estimate of drug-likeness (QED) is 0.769. The van der Waals surface area contributed by atoms with Crippen molar-refractivity contribution in [3.63, 3.8) is 0 Å². The zero-order valence-corrected chi connectivity index (χ0v) is 19.0. The number of piperazine rings is 1. The molecule has 2 heterocycles. The van der Waals surface area contributed by atoms with Crippen molar-refractivity contribution in [2.24, 2.45) is 5.92 Å². The molecule has 0 aliphatic carbocycles. The van der Waals surface area contributed by atoms with Crippen LogP contribution in [0.3, 0.4) is 0 Å². The van der Waals surface area contributed by atoms with E-state index in [-0.39, 0.29) is 17.7 Å². The number of carbonyl (C=O) groups excluding carboxylic acids is 2. The van der Waals surface area contributed by atoms with Crippen molar-refractivity contribution in [3.05, 3.63) is 23.8 Å². The van der Waals surface area contributed by atoms with Crippen LogP contribution in [0.1, 0.15) is 63.2 Å². The molecule has 1 N–H and O–H groups in total. The molecule has 2 aliphatic rings. The molecule has 1 aromatic carbocycles. The van der Waals surface area contributed by atoms with Crippen LogP contribution >= 0.6 is 0 Å². The van der Waals surface area contributed by atoms with Gasteiger partial charge in [0, 0.05) is 50.9 Å². The Morgan fingerprint density at radius 2 is 1.63 bits per heavy atom. The number of hydrogen-bond acceptors (Lipinski definition) is 4. The molecule has 2 saturated heterocycles. The molecule has 0 aromatic heterocycles. The van der Waals surface area contributed by atoms with E-state index in [4.69, 9.17) is 0 Å². The monoisotopic (exact) mass is 414 g/mol. The lowest BCUT2D eigenvalue weighted by Gasteiger charge is -2.35. The highest BCUT2D eigenvalue weighted by atomic mass is 16.2. The number of carbonyl (C=O) groups is 2. The van der Waals surface area contributed by atoms with E-state index < -0.39 is 0 Å². The van der Waals surface area contributed by atoms with Crippen molar-refractivity contribution >= 4 is 23.2 Å². The molecule has 0 unspecified atom stereocenters. The summed E-state index contributed by atoms with van der Waals surface area (Å²) in [6, 6.07) is 5.80. The Hall–Kier alpha value is -2.08. The molecular weight excluding hydrogens is 376 g/mol. The number of nitrogens with zero attached hydrogens (tertiary/aromatic N) is 3. The third kappa shape index (κ3) is 5.75. The van der Waals surface area contributed by atoms with E-state index in [0.717, 1.165) is 82.0 Å². The molecular formula is C24H38N4O2. The molecule has 3 rings (SSSR count). The summed E-state index contributed by atoms with van der Waals surface area (Å²) >= 11 is 0. The lowest BCUT2D eigenvalue weighted by molar-refractivity contribution is -0.118. The standard InChI is InChI=1S/C24H38N4O2/c1-4-11-26-14-16-28(17-15-26)24(30)21-10-9-20(25-23(29)19(2)3)18-22(21)27-12-7-5-6-8-13-27/h9-10,18-19H,4-8,11-17H2,1-3H3,(H,25,29). The minimum Gasteiger partial charge on any atom is -0.371 e. The third-order valence-corrected chi connectivity index (χ3v) is 6.17. The minimum absolute atomic E-state index is 0.00272. The van der Waals surface area contributed by atoms with Crippen LogP contribution in [-0.2, 0) is 4.79 Å². The van der Waals surface area contributed by atoms with Crippen LogP contribution in [0.5, 0.6) is 0 Å². The molecule has 0 saturated carbocycles. The highest BCUT2D eigenvalue weighted by molar-refractivity contribution is 6.01. The van der Waals surface area contributed by atoms with Crippen LogP contribution in [0.25, 0.3) is 0 Å². The third-order valence-electron chi connectivity index (χ3n) is 6.17. The Labute approximate surface area is 181 Å². The molecule has 1 aromatic rings. The fraction of sp³-hybridized carbons (Fsp3) is 0.667. The van der Waals surface area contributed by atoms with E-state index in [9.17, 15) is 9.59 Å². The number of amides is 2. The van der Waals surface area contributed by atoms with Gasteiger partial charge in [-0.1, -0.05) is 33.6 Å². The van der Waals surface area contributed by atoms with Gasteiger partial charge in [0.2, 0.25) is 5.91 Å². The van der Waals surface area contributed by atoms with Crippen molar-refractivity contribution in [1.82, 2.24) is 9.80 Å². The van der Waals surface area contributed by atoms with Crippen molar-refractivity contribution in [3.8, 4) is 0 Å². The Morgan fingerprint density at radius 1 is 0.967 bits per heavy atom. The Bertz CT molecular complexity index is 718. The molecule has 0 spiro atoms. The molecule has 2 fully saturated rings. The largest absolute Gasteiger partial charge is 0.371 e. The van der Waals surface area contributed by atoms with Gasteiger partial charge in [-0.25, -0.2) is 0 Å². The van der Waals surface area contributed by atoms with Gasteiger partial charge in [0.1, 0.15) is 0 Å². The van der Waals surface area contributed by atoms with Crippen molar-refractivity contribution in [2.45, 2.75) is 52.9 Å². The lowest BCUT2D eigenvalue weighted by atomic mass is 10.1. The molecule has 30 heavy (non-hydrogen) atoms. The predicted octanol–water partition coefficient (Wildman–Crippen LogP) is 3.83. The summed E-state index contributed by atoms with van der Waals surface area (Å²) in [5.41, 5.74) is 2.51. The minimum atomic E-state index is -0.0765. The predicted molar refractivity (Wildman–Crippen MR) is 123 cm³/mol. The van der Waals surface area contributed by atoms with Gasteiger partial charge in [-0.3, -0.25) is 14.5 Å². The first-order valence-corrected chi connectivity index (χ1v) is 11.7. The first kappa shape index (κ1) is 22.6. The Kier molecular flexibility index (Phi) is 8.14. The van der Waals surface area contributed by atoms with Crippen molar-refractivity contribution in [2.75, 3.05) is 56.0 Å². The summed E-state index contributed by atoms with van der Waals surface area (Å²) in [5.74, 6) is 0.0439. The summed E-state index contributed by atoms with van der Waals surface area (Å²) in [6.07, 6.45) is 5.92. The second kappa shape index (κ2) is 10.8. The maximum atomic E-state index is 13.4. The SMILES string of the molecule is CCCN1CCN(C(=O)c2ccc(NC(=O)C(C)C)cc2N2CCCCCC2)CC1. The Morgan fingerprint density at radius 3 is 2.23 bits per heavy atom. The number of nitrogens with one attached hydrogen (secondary N) is 1. The first-order chi connectivity index (χ1) is 14.5. The summed E-state index contributed by atoms with van der Waals surface area (Å²) in [7, 11) is 0. The highest BCUT2D eigenvalue weighted by Gasteiger charge is 2.26. The molecule has 2 aliphatic heterocycles. The van der Waals surface area contributed by atoms with Crippen molar-refractivity contribution in [1.29, 1.82) is 0 Å². The molecule has 166 valence electrons. The number of anilines is 2. The van der Waals surface area contributed by atoms with Gasteiger partial charge >= 0.3 is 0 Å². The van der Waals surface area contributed by atoms with E-state index in [2.05, 4.69) is 22.0 Å². The smallest absolute Gasteiger partial charge is 0.256 e. The van der Waals surface area contributed by atoms with Crippen LogP contribution in [0.15, 0.2) is 18.2 Å². The second-order valence-corrected chi connectivity index (χ2v) is 8.91. The van der Waals surface area contributed by atoms with Gasteiger partial charge in [-0.15, -0.1) is 0 Å². The van der Waals surface area contributed by atoms with Crippen LogP contribution in [0, 0.1) is 5.92 Å². The molecule has 0 radical (unpaired) electrons. The number of hydrogen-bond donors (Lipinski definition) is 1. The van der Waals surface area contributed by atoms with Crippen LogP contribution in [0.2, 0.25) is 0 Å². The summed E-state index contributed by atoms with van der Waals surface area (Å²) in [4.78, 5) is 32.4. The van der Waals surface area contributed by atoms with Gasteiger partial charge in [0.15, 0.2) is 0 Å². The molecule has 6 heteroatoms. The van der Waals surface area contributed by atoms with E-state index in [0.29, 0.717) is 0 Å². The Balaban J connectivity index is 1.82. The lowest BCUT2D eigenvalue weighted by Crippen LogP contribution is -2.49. The van der Waals surface area contributed by atoms with Crippen LogP contribution < -0.4 is 10.2 Å². The summed E-state index contributed by atoms with van der Waals surface area (Å²) in [6.45, 7) is 12.5. The van der Waals surface area contributed by atoms with Gasteiger partial charge < -0.3 is 15.1 Å². The highest BCUT2D eigenvalue weighted by Crippen LogP contribution is 2.29. The first-order valence-electron chi connectivity index (χ1n) is 11.7. The maximum Gasteiger partial charge on any atom is 0.256 e. The van der Waals surface area contributed by atoms with Crippen LogP contribution in [-0.4, -0.2) is 67.4 Å². The molecule has 0 bridgehead atoms. The zero-order chi connectivity index (χ0) is 21.5. The normalized spacial score (nSPS) is 18.4. The van der Waals surface area contributed by atoms with Gasteiger partial charge in [-0.2, -0.15) is 0 Å². The number of rotatable bonds is 6.